The minimum atomic E-state index is -0.542. The molecule has 0 atom stereocenters. The fourth-order valence-corrected chi connectivity index (χ4v) is 2.96. The van der Waals surface area contributed by atoms with Crippen LogP contribution in [0.4, 0.5) is 22.7 Å². The van der Waals surface area contributed by atoms with Crippen LogP contribution in [0.2, 0.25) is 5.02 Å². The van der Waals surface area contributed by atoms with Crippen molar-refractivity contribution in [1.82, 2.24) is 0 Å². The van der Waals surface area contributed by atoms with E-state index in [0.29, 0.717) is 29.6 Å². The Morgan fingerprint density at radius 2 is 2.00 bits per heavy atom. The van der Waals surface area contributed by atoms with Gasteiger partial charge in [-0.15, -0.1) is 0 Å². The number of benzene rings is 2. The molecule has 1 aliphatic heterocycles. The van der Waals surface area contributed by atoms with Crippen LogP contribution in [0.25, 0.3) is 0 Å². The quantitative estimate of drug-likeness (QED) is 0.406. The third-order valence-corrected chi connectivity index (χ3v) is 4.58. The van der Waals surface area contributed by atoms with Crippen molar-refractivity contribution in [2.24, 2.45) is 0 Å². The highest BCUT2D eigenvalue weighted by Gasteiger charge is 2.15. The number of morpholine rings is 1. The molecule has 1 heterocycles. The number of nitrogens with two attached hydrogens (primary N) is 1. The van der Waals surface area contributed by atoms with Crippen molar-refractivity contribution in [2.75, 3.05) is 47.6 Å². The van der Waals surface area contributed by atoms with Crippen molar-refractivity contribution in [3.05, 3.63) is 59.3 Å². The number of nitrogens with one attached hydrogen (secondary N) is 2. The van der Waals surface area contributed by atoms with Gasteiger partial charge in [-0.3, -0.25) is 4.79 Å². The summed E-state index contributed by atoms with van der Waals surface area (Å²) in [7, 11) is 0. The van der Waals surface area contributed by atoms with Gasteiger partial charge in [-0.25, -0.2) is 0 Å². The Bertz CT molecular complexity index is 932. The van der Waals surface area contributed by atoms with Gasteiger partial charge in [0.05, 0.1) is 35.3 Å². The number of halogens is 1. The summed E-state index contributed by atoms with van der Waals surface area (Å²) in [4.78, 5) is 14.6. The molecule has 1 fully saturated rings. The summed E-state index contributed by atoms with van der Waals surface area (Å²) in [5.41, 5.74) is 8.27. The first-order valence-electron chi connectivity index (χ1n) is 8.73. The lowest BCUT2D eigenvalue weighted by Crippen LogP contribution is -2.36. The van der Waals surface area contributed by atoms with Crippen molar-refractivity contribution in [3.8, 4) is 6.07 Å². The maximum Gasteiger partial charge on any atom is 0.267 e. The van der Waals surface area contributed by atoms with Crippen LogP contribution in [0.3, 0.4) is 0 Å². The normalized spacial score (nSPS) is 14.3. The molecule has 3 rings (SSSR count). The standard InChI is InChI=1S/C20H20ClN5O2/c21-16-11-15(5-6-17(16)23)25-20(27)14(12-22)13-24-18-3-1-2-4-19(18)26-7-9-28-10-8-26/h1-6,11,13,24H,7-10,23H2,(H,25,27)/b14-13-. The highest BCUT2D eigenvalue weighted by molar-refractivity contribution is 6.33. The van der Waals surface area contributed by atoms with Crippen LogP contribution in [0.15, 0.2) is 54.2 Å². The molecule has 7 nitrogen and oxygen atoms in total. The predicted molar refractivity (Wildman–Crippen MR) is 111 cm³/mol. The largest absolute Gasteiger partial charge is 0.398 e. The molecule has 4 N–H and O–H groups in total. The molecule has 2 aromatic rings. The SMILES string of the molecule is N#C/C(=C/Nc1ccccc1N1CCOCC1)C(=O)Nc1ccc(N)c(Cl)c1. The minimum absolute atomic E-state index is 0.0651. The van der Waals surface area contributed by atoms with E-state index in [1.54, 1.807) is 12.1 Å². The van der Waals surface area contributed by atoms with Crippen molar-refractivity contribution >= 4 is 40.3 Å². The van der Waals surface area contributed by atoms with Gasteiger partial charge in [-0.2, -0.15) is 5.26 Å². The molecule has 0 aromatic heterocycles. The number of rotatable bonds is 5. The Morgan fingerprint density at radius 3 is 2.71 bits per heavy atom. The van der Waals surface area contributed by atoms with E-state index in [1.807, 2.05) is 30.3 Å². The van der Waals surface area contributed by atoms with E-state index in [-0.39, 0.29) is 5.57 Å². The number of anilines is 4. The molecule has 0 radical (unpaired) electrons. The average Bonchev–Trinajstić information content (AvgIpc) is 2.72. The lowest BCUT2D eigenvalue weighted by Gasteiger charge is -2.30. The summed E-state index contributed by atoms with van der Waals surface area (Å²) >= 11 is 5.96. The van der Waals surface area contributed by atoms with Gasteiger partial charge in [0.25, 0.3) is 5.91 Å². The molecule has 2 aromatic carbocycles. The Labute approximate surface area is 168 Å². The molecule has 1 aliphatic rings. The summed E-state index contributed by atoms with van der Waals surface area (Å²) in [6, 6.07) is 14.4. The van der Waals surface area contributed by atoms with Gasteiger partial charge in [0.1, 0.15) is 11.6 Å². The third kappa shape index (κ3) is 4.74. The topological polar surface area (TPSA) is 103 Å². The van der Waals surface area contributed by atoms with Crippen molar-refractivity contribution in [2.45, 2.75) is 0 Å². The molecule has 0 saturated carbocycles. The Kier molecular flexibility index (Phi) is 6.37. The van der Waals surface area contributed by atoms with Crippen LogP contribution < -0.4 is 21.3 Å². The van der Waals surface area contributed by atoms with Gasteiger partial charge in [0.15, 0.2) is 0 Å². The fourth-order valence-electron chi connectivity index (χ4n) is 2.78. The van der Waals surface area contributed by atoms with E-state index in [9.17, 15) is 10.1 Å². The number of carbonyl (C=O) groups is 1. The zero-order valence-corrected chi connectivity index (χ0v) is 15.9. The van der Waals surface area contributed by atoms with Crippen LogP contribution in [0, 0.1) is 11.3 Å². The van der Waals surface area contributed by atoms with Crippen LogP contribution in [0.5, 0.6) is 0 Å². The highest BCUT2D eigenvalue weighted by Crippen LogP contribution is 2.27. The lowest BCUT2D eigenvalue weighted by molar-refractivity contribution is -0.112. The first-order valence-corrected chi connectivity index (χ1v) is 9.11. The Hall–Kier alpha value is -3.21. The monoisotopic (exact) mass is 397 g/mol. The molecule has 1 saturated heterocycles. The smallest absolute Gasteiger partial charge is 0.267 e. The second-order valence-electron chi connectivity index (χ2n) is 6.12. The number of nitrogen functional groups attached to an aromatic ring is 1. The van der Waals surface area contributed by atoms with Gasteiger partial charge in [0.2, 0.25) is 0 Å². The second kappa shape index (κ2) is 9.13. The number of hydrogen-bond donors (Lipinski definition) is 3. The van der Waals surface area contributed by atoms with Crippen molar-refractivity contribution in [1.29, 1.82) is 5.26 Å². The number of hydrogen-bond acceptors (Lipinski definition) is 6. The van der Waals surface area contributed by atoms with Gasteiger partial charge >= 0.3 is 0 Å². The van der Waals surface area contributed by atoms with Gasteiger partial charge < -0.3 is 26.0 Å². The first kappa shape index (κ1) is 19.5. The molecular formula is C20H20ClN5O2. The van der Waals surface area contributed by atoms with Crippen molar-refractivity contribution in [3.63, 3.8) is 0 Å². The molecule has 8 heteroatoms. The van der Waals surface area contributed by atoms with Crippen LogP contribution in [-0.2, 0) is 9.53 Å². The predicted octanol–water partition coefficient (Wildman–Crippen LogP) is 3.22. The molecule has 0 unspecified atom stereocenters. The van der Waals surface area contributed by atoms with E-state index in [0.717, 1.165) is 24.5 Å². The zero-order valence-electron chi connectivity index (χ0n) is 15.1. The van der Waals surface area contributed by atoms with Gasteiger partial charge in [0, 0.05) is 25.0 Å². The first-order chi connectivity index (χ1) is 13.6. The maximum atomic E-state index is 12.4. The summed E-state index contributed by atoms with van der Waals surface area (Å²) in [6.45, 7) is 2.90. The number of nitrogens with zero attached hydrogens (tertiary/aromatic N) is 2. The Morgan fingerprint density at radius 1 is 1.25 bits per heavy atom. The highest BCUT2D eigenvalue weighted by atomic mass is 35.5. The third-order valence-electron chi connectivity index (χ3n) is 4.25. The van der Waals surface area contributed by atoms with Crippen molar-refractivity contribution < 1.29 is 9.53 Å². The van der Waals surface area contributed by atoms with E-state index in [1.165, 1.54) is 12.3 Å². The molecule has 0 bridgehead atoms. The number of ether oxygens (including phenoxy) is 1. The summed E-state index contributed by atoms with van der Waals surface area (Å²) in [5, 5.41) is 15.4. The zero-order chi connectivity index (χ0) is 19.9. The molecule has 144 valence electrons. The van der Waals surface area contributed by atoms with E-state index in [2.05, 4.69) is 15.5 Å². The number of nitriles is 1. The second-order valence-corrected chi connectivity index (χ2v) is 6.53. The molecular weight excluding hydrogens is 378 g/mol. The van der Waals surface area contributed by atoms with Crippen LogP contribution >= 0.6 is 11.6 Å². The lowest BCUT2D eigenvalue weighted by atomic mass is 10.2. The molecule has 0 spiro atoms. The summed E-state index contributed by atoms with van der Waals surface area (Å²) < 4.78 is 5.39. The molecule has 28 heavy (non-hydrogen) atoms. The van der Waals surface area contributed by atoms with Gasteiger partial charge in [-0.1, -0.05) is 23.7 Å². The average molecular weight is 398 g/mol. The number of para-hydroxylation sites is 2. The molecule has 1 amide bonds. The van der Waals surface area contributed by atoms with E-state index >= 15 is 0 Å². The van der Waals surface area contributed by atoms with Crippen LogP contribution in [0.1, 0.15) is 0 Å². The van der Waals surface area contributed by atoms with Gasteiger partial charge in [-0.05, 0) is 30.3 Å². The minimum Gasteiger partial charge on any atom is -0.398 e. The fraction of sp³-hybridized carbons (Fsp3) is 0.200. The summed E-state index contributed by atoms with van der Waals surface area (Å²) in [6.07, 6.45) is 1.40. The maximum absolute atomic E-state index is 12.4. The number of carbonyl (C=O) groups excluding carboxylic acids is 1. The van der Waals surface area contributed by atoms with E-state index in [4.69, 9.17) is 22.1 Å². The molecule has 0 aliphatic carbocycles. The van der Waals surface area contributed by atoms with Crippen LogP contribution in [-0.4, -0.2) is 32.2 Å². The van der Waals surface area contributed by atoms with E-state index < -0.39 is 5.91 Å². The summed E-state index contributed by atoms with van der Waals surface area (Å²) in [5.74, 6) is -0.542. The number of amides is 1. The Balaban J connectivity index is 1.73.